The number of rotatable bonds is 2. The second-order valence-electron chi connectivity index (χ2n) is 4.79. The SMILES string of the molecule is CCOC(=O)C1=C(C)O[C@@]2(O)C[C@H]1[C@H]1CO[C@@H]2O1. The molecular weight excluding hydrogens is 240 g/mol. The normalized spacial score (nSPS) is 41.6. The van der Waals surface area contributed by atoms with Gasteiger partial charge in [0.1, 0.15) is 5.76 Å². The van der Waals surface area contributed by atoms with Crippen LogP contribution in [0.25, 0.3) is 0 Å². The summed E-state index contributed by atoms with van der Waals surface area (Å²) in [6, 6.07) is 0. The minimum atomic E-state index is -1.49. The summed E-state index contributed by atoms with van der Waals surface area (Å²) in [6.45, 7) is 4.07. The van der Waals surface area contributed by atoms with E-state index in [2.05, 4.69) is 0 Å². The molecule has 6 nitrogen and oxygen atoms in total. The molecule has 0 spiro atoms. The first-order chi connectivity index (χ1) is 8.55. The maximum absolute atomic E-state index is 11.9. The maximum atomic E-state index is 11.9. The summed E-state index contributed by atoms with van der Waals surface area (Å²) in [5.74, 6) is -1.73. The van der Waals surface area contributed by atoms with Crippen molar-refractivity contribution >= 4 is 5.97 Å². The topological polar surface area (TPSA) is 74.2 Å². The summed E-state index contributed by atoms with van der Waals surface area (Å²) >= 11 is 0. The average Bonchev–Trinajstić information content (AvgIpc) is 2.73. The number of aliphatic hydroxyl groups is 1. The van der Waals surface area contributed by atoms with E-state index in [0.717, 1.165) is 0 Å². The first-order valence-corrected chi connectivity index (χ1v) is 6.11. The molecule has 3 heterocycles. The number of fused-ring (bicyclic) bond motifs is 6. The van der Waals surface area contributed by atoms with Crippen LogP contribution in [0.3, 0.4) is 0 Å². The van der Waals surface area contributed by atoms with Crippen molar-refractivity contribution in [2.24, 2.45) is 5.92 Å². The standard InChI is InChI=1S/C12H16O6/c1-3-15-10(13)9-6(2)18-12(14)4-7(9)8-5-16-11(12)17-8/h7-8,11,14H,3-5H2,1-2H3/t7-,8+,11+,12-/m0/s1. The Labute approximate surface area is 104 Å². The molecule has 3 rings (SSSR count). The van der Waals surface area contributed by atoms with Crippen molar-refractivity contribution in [1.29, 1.82) is 0 Å². The number of ether oxygens (including phenoxy) is 4. The summed E-state index contributed by atoms with van der Waals surface area (Å²) in [5.41, 5.74) is 0.454. The Morgan fingerprint density at radius 3 is 3.11 bits per heavy atom. The minimum Gasteiger partial charge on any atom is -0.463 e. The molecule has 0 aromatic carbocycles. The molecular formula is C12H16O6. The van der Waals surface area contributed by atoms with Crippen LogP contribution in [-0.2, 0) is 23.7 Å². The third kappa shape index (κ3) is 1.56. The quantitative estimate of drug-likeness (QED) is 0.716. The van der Waals surface area contributed by atoms with Crippen molar-refractivity contribution in [3.8, 4) is 0 Å². The summed E-state index contributed by atoms with van der Waals surface area (Å²) < 4.78 is 21.4. The predicted octanol–water partition coefficient (Wildman–Crippen LogP) is 0.304. The van der Waals surface area contributed by atoms with E-state index in [1.54, 1.807) is 13.8 Å². The number of esters is 1. The Balaban J connectivity index is 1.97. The summed E-state index contributed by atoms with van der Waals surface area (Å²) in [5, 5.41) is 10.3. The van der Waals surface area contributed by atoms with Gasteiger partial charge in [0.2, 0.25) is 6.29 Å². The minimum absolute atomic E-state index is 0.214. The molecule has 0 aromatic rings. The lowest BCUT2D eigenvalue weighted by atomic mass is 9.82. The van der Waals surface area contributed by atoms with Gasteiger partial charge < -0.3 is 24.1 Å². The van der Waals surface area contributed by atoms with Crippen LogP contribution in [0.5, 0.6) is 0 Å². The average molecular weight is 256 g/mol. The fourth-order valence-corrected chi connectivity index (χ4v) is 2.87. The number of hydrogen-bond acceptors (Lipinski definition) is 6. The van der Waals surface area contributed by atoms with E-state index < -0.39 is 18.0 Å². The lowest BCUT2D eigenvalue weighted by molar-refractivity contribution is -0.329. The lowest BCUT2D eigenvalue weighted by Crippen LogP contribution is -2.55. The van der Waals surface area contributed by atoms with Crippen LogP contribution in [0.2, 0.25) is 0 Å². The van der Waals surface area contributed by atoms with Crippen molar-refractivity contribution in [3.05, 3.63) is 11.3 Å². The summed E-state index contributed by atoms with van der Waals surface area (Å²) in [6.07, 6.45) is -0.681. The van der Waals surface area contributed by atoms with E-state index in [1.807, 2.05) is 0 Å². The first-order valence-electron chi connectivity index (χ1n) is 6.11. The molecule has 100 valence electrons. The van der Waals surface area contributed by atoms with Crippen molar-refractivity contribution in [2.45, 2.75) is 38.4 Å². The highest BCUT2D eigenvalue weighted by Crippen LogP contribution is 2.47. The zero-order valence-corrected chi connectivity index (χ0v) is 10.3. The Morgan fingerprint density at radius 1 is 1.61 bits per heavy atom. The Bertz CT molecular complexity index is 417. The van der Waals surface area contributed by atoms with Gasteiger partial charge in [0.15, 0.2) is 0 Å². The Kier molecular flexibility index (Phi) is 2.62. The van der Waals surface area contributed by atoms with Gasteiger partial charge in [-0.15, -0.1) is 0 Å². The van der Waals surface area contributed by atoms with Crippen LogP contribution in [0, 0.1) is 5.92 Å². The van der Waals surface area contributed by atoms with Gasteiger partial charge in [0.05, 0.1) is 24.9 Å². The first kappa shape index (κ1) is 12.0. The highest BCUT2D eigenvalue weighted by molar-refractivity contribution is 5.90. The highest BCUT2D eigenvalue weighted by atomic mass is 16.8. The van der Waals surface area contributed by atoms with Crippen molar-refractivity contribution in [3.63, 3.8) is 0 Å². The van der Waals surface area contributed by atoms with Crippen molar-refractivity contribution in [2.75, 3.05) is 13.2 Å². The number of carbonyl (C=O) groups is 1. The van der Waals surface area contributed by atoms with Crippen molar-refractivity contribution in [1.82, 2.24) is 0 Å². The van der Waals surface area contributed by atoms with Crippen LogP contribution in [0.15, 0.2) is 11.3 Å². The summed E-state index contributed by atoms with van der Waals surface area (Å²) in [4.78, 5) is 11.9. The molecule has 0 amide bonds. The van der Waals surface area contributed by atoms with Gasteiger partial charge in [-0.05, 0) is 13.8 Å². The molecule has 2 fully saturated rings. The van der Waals surface area contributed by atoms with Gasteiger partial charge in [0, 0.05) is 12.3 Å². The smallest absolute Gasteiger partial charge is 0.337 e. The van der Waals surface area contributed by atoms with Crippen molar-refractivity contribution < 1.29 is 28.8 Å². The lowest BCUT2D eigenvalue weighted by Gasteiger charge is -2.44. The van der Waals surface area contributed by atoms with Crippen LogP contribution in [0.1, 0.15) is 20.3 Å². The van der Waals surface area contributed by atoms with Gasteiger partial charge in [0.25, 0.3) is 5.79 Å². The van der Waals surface area contributed by atoms with Gasteiger partial charge in [-0.1, -0.05) is 0 Å². The molecule has 0 aromatic heterocycles. The molecule has 3 aliphatic heterocycles. The van der Waals surface area contributed by atoms with Crippen LogP contribution < -0.4 is 0 Å². The molecule has 0 radical (unpaired) electrons. The molecule has 0 saturated carbocycles. The number of carbonyl (C=O) groups excluding carboxylic acids is 1. The number of hydrogen-bond donors (Lipinski definition) is 1. The molecule has 18 heavy (non-hydrogen) atoms. The second-order valence-corrected chi connectivity index (χ2v) is 4.79. The van der Waals surface area contributed by atoms with Crippen LogP contribution in [0.4, 0.5) is 0 Å². The third-order valence-electron chi connectivity index (χ3n) is 3.61. The molecule has 1 N–H and O–H groups in total. The zero-order valence-electron chi connectivity index (χ0n) is 10.3. The third-order valence-corrected chi connectivity index (χ3v) is 3.61. The predicted molar refractivity (Wildman–Crippen MR) is 58.1 cm³/mol. The van der Waals surface area contributed by atoms with E-state index in [9.17, 15) is 9.90 Å². The molecule has 2 saturated heterocycles. The zero-order chi connectivity index (χ0) is 12.9. The molecule has 0 unspecified atom stereocenters. The fourth-order valence-electron chi connectivity index (χ4n) is 2.87. The maximum Gasteiger partial charge on any atom is 0.337 e. The van der Waals surface area contributed by atoms with Gasteiger partial charge >= 0.3 is 5.97 Å². The van der Waals surface area contributed by atoms with Crippen LogP contribution in [-0.4, -0.2) is 42.5 Å². The molecule has 6 heteroatoms. The Hall–Kier alpha value is -1.11. The molecule has 4 bridgehead atoms. The van der Waals surface area contributed by atoms with E-state index in [1.165, 1.54) is 0 Å². The fraction of sp³-hybridized carbons (Fsp3) is 0.750. The van der Waals surface area contributed by atoms with Gasteiger partial charge in [-0.25, -0.2) is 4.79 Å². The highest BCUT2D eigenvalue weighted by Gasteiger charge is 2.59. The largest absolute Gasteiger partial charge is 0.463 e. The van der Waals surface area contributed by atoms with E-state index >= 15 is 0 Å². The van der Waals surface area contributed by atoms with Gasteiger partial charge in [-0.3, -0.25) is 0 Å². The second kappa shape index (κ2) is 3.94. The van der Waals surface area contributed by atoms with Crippen LogP contribution >= 0.6 is 0 Å². The number of allylic oxidation sites excluding steroid dienone is 1. The van der Waals surface area contributed by atoms with E-state index in [4.69, 9.17) is 18.9 Å². The van der Waals surface area contributed by atoms with E-state index in [0.29, 0.717) is 31.0 Å². The molecule has 4 atom stereocenters. The Morgan fingerprint density at radius 2 is 2.39 bits per heavy atom. The molecule has 3 aliphatic rings. The van der Waals surface area contributed by atoms with Gasteiger partial charge in [-0.2, -0.15) is 0 Å². The monoisotopic (exact) mass is 256 g/mol. The molecule has 0 aliphatic carbocycles. The summed E-state index contributed by atoms with van der Waals surface area (Å²) in [7, 11) is 0. The van der Waals surface area contributed by atoms with E-state index in [-0.39, 0.29) is 12.0 Å².